The molecular weight excluding hydrogens is 352 g/mol. The number of piperidine rings is 1. The molecule has 0 bridgehead atoms. The van der Waals surface area contributed by atoms with Crippen LogP contribution in [0, 0.1) is 0 Å². The van der Waals surface area contributed by atoms with Crippen molar-refractivity contribution in [1.82, 2.24) is 9.21 Å². The number of nitrogens with zero attached hydrogens (tertiary/aromatic N) is 2. The summed E-state index contributed by atoms with van der Waals surface area (Å²) in [5.74, 6) is 0. The lowest BCUT2D eigenvalue weighted by molar-refractivity contribution is 0.152. The number of hydrogen-bond donors (Lipinski definition) is 0. The number of sulfonamides is 1. The lowest BCUT2D eigenvalue weighted by Gasteiger charge is -2.37. The average molecular weight is 375 g/mol. The molecule has 0 amide bonds. The fraction of sp³-hybridized carbons (Fsp3) is 0.600. The van der Waals surface area contributed by atoms with E-state index in [9.17, 15) is 8.42 Å². The Balaban J connectivity index is 2.08. The molecule has 1 saturated heterocycles. The summed E-state index contributed by atoms with van der Waals surface area (Å²) in [6.45, 7) is 7.59. The summed E-state index contributed by atoms with van der Waals surface area (Å²) in [4.78, 5) is 2.79. The van der Waals surface area contributed by atoms with Crippen molar-refractivity contribution in [3.63, 3.8) is 0 Å². The molecule has 4 nitrogen and oxygen atoms in total. The molecule has 0 N–H and O–H groups in total. The SMILES string of the molecule is CCN(CC)C1CCN(S(=O)(=O)c2cccc(Br)c2)CC1. The van der Waals surface area contributed by atoms with Crippen LogP contribution in [0.2, 0.25) is 0 Å². The second-order valence-electron chi connectivity index (χ2n) is 5.31. The van der Waals surface area contributed by atoms with E-state index in [1.807, 2.05) is 6.07 Å². The Hall–Kier alpha value is -0.430. The van der Waals surface area contributed by atoms with E-state index < -0.39 is 10.0 Å². The van der Waals surface area contributed by atoms with E-state index in [2.05, 4.69) is 34.7 Å². The summed E-state index contributed by atoms with van der Waals surface area (Å²) in [6, 6.07) is 7.45. The predicted octanol–water partition coefficient (Wildman–Crippen LogP) is 2.94. The van der Waals surface area contributed by atoms with Crippen molar-refractivity contribution in [2.45, 2.75) is 37.6 Å². The van der Waals surface area contributed by atoms with Gasteiger partial charge in [0.05, 0.1) is 4.90 Å². The number of rotatable bonds is 5. The molecule has 0 spiro atoms. The smallest absolute Gasteiger partial charge is 0.243 e. The number of hydrogen-bond acceptors (Lipinski definition) is 3. The average Bonchev–Trinajstić information content (AvgIpc) is 2.49. The molecule has 0 atom stereocenters. The zero-order valence-electron chi connectivity index (χ0n) is 12.6. The molecule has 21 heavy (non-hydrogen) atoms. The van der Waals surface area contributed by atoms with Crippen molar-refractivity contribution in [2.75, 3.05) is 26.2 Å². The Morgan fingerprint density at radius 1 is 1.24 bits per heavy atom. The maximum absolute atomic E-state index is 12.6. The van der Waals surface area contributed by atoms with Crippen LogP contribution in [0.4, 0.5) is 0 Å². The van der Waals surface area contributed by atoms with Crippen molar-refractivity contribution < 1.29 is 8.42 Å². The van der Waals surface area contributed by atoms with Crippen molar-refractivity contribution in [3.8, 4) is 0 Å². The molecule has 1 aromatic rings. The topological polar surface area (TPSA) is 40.6 Å². The highest BCUT2D eigenvalue weighted by atomic mass is 79.9. The van der Waals surface area contributed by atoms with E-state index >= 15 is 0 Å². The summed E-state index contributed by atoms with van der Waals surface area (Å²) in [5.41, 5.74) is 0. The normalized spacial score (nSPS) is 18.3. The minimum Gasteiger partial charge on any atom is -0.301 e. The van der Waals surface area contributed by atoms with Gasteiger partial charge in [0.15, 0.2) is 0 Å². The molecule has 1 heterocycles. The molecule has 1 aliphatic rings. The van der Waals surface area contributed by atoms with Crippen LogP contribution in [-0.2, 0) is 10.0 Å². The van der Waals surface area contributed by atoms with Gasteiger partial charge in [-0.3, -0.25) is 0 Å². The largest absolute Gasteiger partial charge is 0.301 e. The third kappa shape index (κ3) is 3.86. The van der Waals surface area contributed by atoms with Crippen LogP contribution in [0.3, 0.4) is 0 Å². The second-order valence-corrected chi connectivity index (χ2v) is 8.17. The van der Waals surface area contributed by atoms with Crippen molar-refractivity contribution in [1.29, 1.82) is 0 Å². The molecule has 2 rings (SSSR count). The fourth-order valence-corrected chi connectivity index (χ4v) is 5.03. The first-order valence-corrected chi connectivity index (χ1v) is 9.72. The Morgan fingerprint density at radius 3 is 2.38 bits per heavy atom. The molecule has 0 aliphatic carbocycles. The first kappa shape index (κ1) is 16.9. The van der Waals surface area contributed by atoms with Crippen LogP contribution in [-0.4, -0.2) is 49.8 Å². The standard InChI is InChI=1S/C15H23BrN2O2S/c1-3-17(4-2)14-8-10-18(11-9-14)21(19,20)15-7-5-6-13(16)12-15/h5-7,12,14H,3-4,8-11H2,1-2H3. The van der Waals surface area contributed by atoms with Gasteiger partial charge < -0.3 is 4.90 Å². The van der Waals surface area contributed by atoms with E-state index in [0.29, 0.717) is 24.0 Å². The molecule has 1 fully saturated rings. The summed E-state index contributed by atoms with van der Waals surface area (Å²) in [6.07, 6.45) is 1.82. The van der Waals surface area contributed by atoms with E-state index in [0.717, 1.165) is 30.4 Å². The van der Waals surface area contributed by atoms with Gasteiger partial charge in [-0.15, -0.1) is 0 Å². The zero-order chi connectivity index (χ0) is 15.5. The van der Waals surface area contributed by atoms with Gasteiger partial charge in [0.25, 0.3) is 0 Å². The van der Waals surface area contributed by atoms with Crippen molar-refractivity contribution >= 4 is 26.0 Å². The number of benzene rings is 1. The van der Waals surface area contributed by atoms with Gasteiger partial charge >= 0.3 is 0 Å². The minimum atomic E-state index is -3.36. The van der Waals surface area contributed by atoms with Crippen LogP contribution >= 0.6 is 15.9 Å². The van der Waals surface area contributed by atoms with Gasteiger partial charge in [0.2, 0.25) is 10.0 Å². The molecule has 1 aliphatic heterocycles. The van der Waals surface area contributed by atoms with Crippen LogP contribution in [0.25, 0.3) is 0 Å². The zero-order valence-corrected chi connectivity index (χ0v) is 15.0. The van der Waals surface area contributed by atoms with Crippen molar-refractivity contribution in [2.24, 2.45) is 0 Å². The first-order chi connectivity index (χ1) is 9.98. The van der Waals surface area contributed by atoms with Gasteiger partial charge in [0.1, 0.15) is 0 Å². The number of halogens is 1. The molecule has 0 radical (unpaired) electrons. The highest BCUT2D eigenvalue weighted by molar-refractivity contribution is 9.10. The molecule has 118 valence electrons. The maximum Gasteiger partial charge on any atom is 0.243 e. The van der Waals surface area contributed by atoms with Crippen LogP contribution < -0.4 is 0 Å². The summed E-state index contributed by atoms with van der Waals surface area (Å²) < 4.78 is 27.7. The fourth-order valence-electron chi connectivity index (χ4n) is 2.96. The second kappa shape index (κ2) is 7.22. The molecule has 1 aromatic carbocycles. The Bertz CT molecular complexity index is 565. The third-order valence-electron chi connectivity index (χ3n) is 4.19. The highest BCUT2D eigenvalue weighted by Gasteiger charge is 2.30. The van der Waals surface area contributed by atoms with E-state index in [-0.39, 0.29) is 0 Å². The van der Waals surface area contributed by atoms with Crippen LogP contribution in [0.1, 0.15) is 26.7 Å². The van der Waals surface area contributed by atoms with Crippen molar-refractivity contribution in [3.05, 3.63) is 28.7 Å². The minimum absolute atomic E-state index is 0.373. The maximum atomic E-state index is 12.6. The Labute approximate surface area is 136 Å². The Kier molecular flexibility index (Phi) is 5.82. The lowest BCUT2D eigenvalue weighted by Crippen LogP contribution is -2.46. The van der Waals surface area contributed by atoms with Gasteiger partial charge in [-0.25, -0.2) is 8.42 Å². The summed E-state index contributed by atoms with van der Waals surface area (Å²) in [7, 11) is -3.36. The van der Waals surface area contributed by atoms with Gasteiger partial charge in [-0.1, -0.05) is 35.8 Å². The summed E-state index contributed by atoms with van der Waals surface area (Å²) >= 11 is 3.34. The first-order valence-electron chi connectivity index (χ1n) is 7.48. The van der Waals surface area contributed by atoms with Crippen LogP contribution in [0.5, 0.6) is 0 Å². The van der Waals surface area contributed by atoms with Gasteiger partial charge in [-0.05, 0) is 44.1 Å². The highest BCUT2D eigenvalue weighted by Crippen LogP contribution is 2.24. The third-order valence-corrected chi connectivity index (χ3v) is 6.57. The quantitative estimate of drug-likeness (QED) is 0.795. The van der Waals surface area contributed by atoms with Crippen LogP contribution in [0.15, 0.2) is 33.6 Å². The molecule has 0 unspecified atom stereocenters. The molecular formula is C15H23BrN2O2S. The van der Waals surface area contributed by atoms with E-state index in [1.54, 1.807) is 22.5 Å². The molecule has 6 heteroatoms. The summed E-state index contributed by atoms with van der Waals surface area (Å²) in [5, 5.41) is 0. The van der Waals surface area contributed by atoms with Gasteiger partial charge in [-0.2, -0.15) is 4.31 Å². The van der Waals surface area contributed by atoms with Gasteiger partial charge in [0, 0.05) is 23.6 Å². The lowest BCUT2D eigenvalue weighted by atomic mass is 10.1. The molecule has 0 aromatic heterocycles. The Morgan fingerprint density at radius 2 is 1.86 bits per heavy atom. The van der Waals surface area contributed by atoms with E-state index in [4.69, 9.17) is 0 Å². The molecule has 0 saturated carbocycles. The monoisotopic (exact) mass is 374 g/mol. The predicted molar refractivity (Wildman–Crippen MR) is 88.8 cm³/mol. The van der Waals surface area contributed by atoms with E-state index in [1.165, 1.54) is 0 Å².